The third-order valence-corrected chi connectivity index (χ3v) is 4.07. The van der Waals surface area contributed by atoms with Crippen LogP contribution in [0, 0.1) is 11.8 Å². The van der Waals surface area contributed by atoms with Crippen molar-refractivity contribution in [2.24, 2.45) is 11.8 Å². The van der Waals surface area contributed by atoms with E-state index in [2.05, 4.69) is 4.90 Å². The summed E-state index contributed by atoms with van der Waals surface area (Å²) in [5, 5.41) is 9.02. The van der Waals surface area contributed by atoms with Crippen molar-refractivity contribution in [3.63, 3.8) is 0 Å². The van der Waals surface area contributed by atoms with Gasteiger partial charge >= 0.3 is 5.97 Å². The molecule has 0 aromatic heterocycles. The number of hydrogen-bond acceptors (Lipinski definition) is 3. The summed E-state index contributed by atoms with van der Waals surface area (Å²) >= 11 is 0. The number of nitrogens with zero attached hydrogens (tertiary/aromatic N) is 1. The zero-order valence-corrected chi connectivity index (χ0v) is 9.69. The van der Waals surface area contributed by atoms with Gasteiger partial charge in [-0.3, -0.25) is 14.5 Å². The molecule has 1 heterocycles. The van der Waals surface area contributed by atoms with Crippen molar-refractivity contribution in [3.05, 3.63) is 0 Å². The van der Waals surface area contributed by atoms with Crippen LogP contribution in [0.1, 0.15) is 32.6 Å². The normalized spacial score (nSPS) is 35.8. The summed E-state index contributed by atoms with van der Waals surface area (Å²) in [6.07, 6.45) is 3.24. The summed E-state index contributed by atoms with van der Waals surface area (Å²) in [5.74, 6) is -0.402. The van der Waals surface area contributed by atoms with E-state index in [9.17, 15) is 9.59 Å². The van der Waals surface area contributed by atoms with Crippen molar-refractivity contribution >= 4 is 11.8 Å². The van der Waals surface area contributed by atoms with Crippen LogP contribution in [0.3, 0.4) is 0 Å². The first-order valence-corrected chi connectivity index (χ1v) is 6.13. The Morgan fingerprint density at radius 3 is 2.75 bits per heavy atom. The minimum atomic E-state index is -0.679. The molecule has 1 saturated heterocycles. The van der Waals surface area contributed by atoms with Gasteiger partial charge in [0.15, 0.2) is 0 Å². The number of carboxylic acid groups (broad SMARTS) is 1. The maximum atomic E-state index is 11.6. The number of Topliss-reactive ketones (excluding diaryl/α,β-unsaturated/α-hetero) is 1. The Labute approximate surface area is 95.6 Å². The molecule has 1 aliphatic carbocycles. The van der Waals surface area contributed by atoms with Crippen LogP contribution >= 0.6 is 0 Å². The van der Waals surface area contributed by atoms with E-state index in [-0.39, 0.29) is 17.9 Å². The summed E-state index contributed by atoms with van der Waals surface area (Å²) in [6, 6.07) is 0.180. The summed E-state index contributed by atoms with van der Waals surface area (Å²) in [5.41, 5.74) is 0. The molecular formula is C12H19NO3. The number of carbonyl (C=O) groups is 2. The first kappa shape index (κ1) is 11.6. The quantitative estimate of drug-likeness (QED) is 0.782. The summed E-state index contributed by atoms with van der Waals surface area (Å²) in [7, 11) is 0. The Bertz CT molecular complexity index is 303. The van der Waals surface area contributed by atoms with Gasteiger partial charge in [-0.2, -0.15) is 0 Å². The van der Waals surface area contributed by atoms with Crippen LogP contribution in [0.25, 0.3) is 0 Å². The molecule has 0 aromatic carbocycles. The molecule has 3 unspecified atom stereocenters. The number of likely N-dealkylation sites (tertiary alicyclic amines) is 1. The molecule has 4 heteroatoms. The molecule has 1 aliphatic heterocycles. The average molecular weight is 225 g/mol. The van der Waals surface area contributed by atoms with Crippen molar-refractivity contribution in [1.82, 2.24) is 4.90 Å². The highest BCUT2D eigenvalue weighted by molar-refractivity contribution is 5.82. The van der Waals surface area contributed by atoms with Gasteiger partial charge in [-0.05, 0) is 19.3 Å². The van der Waals surface area contributed by atoms with Crippen LogP contribution < -0.4 is 0 Å². The van der Waals surface area contributed by atoms with Crippen LogP contribution in [0.5, 0.6) is 0 Å². The van der Waals surface area contributed by atoms with E-state index in [1.165, 1.54) is 0 Å². The lowest BCUT2D eigenvalue weighted by atomic mass is 9.77. The van der Waals surface area contributed by atoms with Crippen molar-refractivity contribution < 1.29 is 14.7 Å². The first-order chi connectivity index (χ1) is 7.63. The molecule has 0 aromatic rings. The lowest BCUT2D eigenvalue weighted by molar-refractivity contribution is -0.150. The maximum Gasteiger partial charge on any atom is 0.308 e. The molecule has 0 radical (unpaired) electrons. The predicted molar refractivity (Wildman–Crippen MR) is 59.1 cm³/mol. The SMILES string of the molecule is CCC1CN(C2CCC2C(=O)O)CCC1=O. The second-order valence-electron chi connectivity index (χ2n) is 4.91. The molecule has 16 heavy (non-hydrogen) atoms. The van der Waals surface area contributed by atoms with Crippen molar-refractivity contribution in [2.45, 2.75) is 38.6 Å². The van der Waals surface area contributed by atoms with Gasteiger partial charge in [-0.25, -0.2) is 0 Å². The van der Waals surface area contributed by atoms with Crippen molar-refractivity contribution in [3.8, 4) is 0 Å². The van der Waals surface area contributed by atoms with Crippen molar-refractivity contribution in [2.75, 3.05) is 13.1 Å². The summed E-state index contributed by atoms with van der Waals surface area (Å²) in [4.78, 5) is 24.7. The number of ketones is 1. The van der Waals surface area contributed by atoms with Crippen LogP contribution in [-0.2, 0) is 9.59 Å². The highest BCUT2D eigenvalue weighted by Gasteiger charge is 2.42. The third-order valence-electron chi connectivity index (χ3n) is 4.07. The minimum Gasteiger partial charge on any atom is -0.481 e. The van der Waals surface area contributed by atoms with Gasteiger partial charge in [-0.15, -0.1) is 0 Å². The van der Waals surface area contributed by atoms with Gasteiger partial charge in [0.1, 0.15) is 5.78 Å². The van der Waals surface area contributed by atoms with E-state index in [4.69, 9.17) is 5.11 Å². The highest BCUT2D eigenvalue weighted by Crippen LogP contribution is 2.34. The number of aliphatic carboxylic acids is 1. The van der Waals surface area contributed by atoms with E-state index < -0.39 is 5.97 Å². The number of rotatable bonds is 3. The average Bonchev–Trinajstić information content (AvgIpc) is 2.18. The van der Waals surface area contributed by atoms with E-state index >= 15 is 0 Å². The Hall–Kier alpha value is -0.900. The van der Waals surface area contributed by atoms with E-state index in [1.54, 1.807) is 0 Å². The lowest BCUT2D eigenvalue weighted by Crippen LogP contribution is -2.54. The van der Waals surface area contributed by atoms with Gasteiger partial charge in [-0.1, -0.05) is 6.92 Å². The molecule has 1 N–H and O–H groups in total. The number of carboxylic acids is 1. The summed E-state index contributed by atoms with van der Waals surface area (Å²) in [6.45, 7) is 3.55. The molecule has 90 valence electrons. The van der Waals surface area contributed by atoms with Crippen LogP contribution in [0.15, 0.2) is 0 Å². The topological polar surface area (TPSA) is 57.6 Å². The molecule has 3 atom stereocenters. The van der Waals surface area contributed by atoms with Crippen molar-refractivity contribution in [1.29, 1.82) is 0 Å². The highest BCUT2D eigenvalue weighted by atomic mass is 16.4. The second-order valence-corrected chi connectivity index (χ2v) is 4.91. The van der Waals surface area contributed by atoms with Crippen LogP contribution in [-0.4, -0.2) is 40.9 Å². The molecule has 4 nitrogen and oxygen atoms in total. The van der Waals surface area contributed by atoms with Gasteiger partial charge in [0.05, 0.1) is 5.92 Å². The fourth-order valence-electron chi connectivity index (χ4n) is 2.80. The van der Waals surface area contributed by atoms with Gasteiger partial charge in [0, 0.05) is 31.5 Å². The zero-order valence-electron chi connectivity index (χ0n) is 9.69. The third kappa shape index (κ3) is 1.98. The monoisotopic (exact) mass is 225 g/mol. The Kier molecular flexibility index (Phi) is 3.28. The molecule has 0 amide bonds. The molecule has 2 aliphatic rings. The molecule has 2 rings (SSSR count). The largest absolute Gasteiger partial charge is 0.481 e. The minimum absolute atomic E-state index is 0.129. The van der Waals surface area contributed by atoms with E-state index in [1.807, 2.05) is 6.92 Å². The predicted octanol–water partition coefficient (Wildman–Crippen LogP) is 1.15. The summed E-state index contributed by atoms with van der Waals surface area (Å²) < 4.78 is 0. The van der Waals surface area contributed by atoms with E-state index in [0.717, 1.165) is 32.4 Å². The van der Waals surface area contributed by atoms with Gasteiger partial charge in [0.2, 0.25) is 0 Å². The maximum absolute atomic E-state index is 11.6. The molecule has 2 fully saturated rings. The number of hydrogen-bond donors (Lipinski definition) is 1. The molecule has 0 bridgehead atoms. The smallest absolute Gasteiger partial charge is 0.308 e. The Balaban J connectivity index is 1.96. The van der Waals surface area contributed by atoms with Crippen LogP contribution in [0.4, 0.5) is 0 Å². The molecule has 0 spiro atoms. The number of carbonyl (C=O) groups excluding carboxylic acids is 1. The second kappa shape index (κ2) is 4.53. The fraction of sp³-hybridized carbons (Fsp3) is 0.833. The zero-order chi connectivity index (χ0) is 11.7. The lowest BCUT2D eigenvalue weighted by Gasteiger charge is -2.45. The van der Waals surface area contributed by atoms with Gasteiger partial charge in [0.25, 0.3) is 0 Å². The molecule has 1 saturated carbocycles. The molecular weight excluding hydrogens is 206 g/mol. The first-order valence-electron chi connectivity index (χ1n) is 6.13. The fourth-order valence-corrected chi connectivity index (χ4v) is 2.80. The van der Waals surface area contributed by atoms with Gasteiger partial charge < -0.3 is 5.11 Å². The standard InChI is InChI=1S/C12H19NO3/c1-2-8-7-13(6-5-11(8)14)10-4-3-9(10)12(15)16/h8-10H,2-7H2,1H3,(H,15,16). The number of piperidine rings is 1. The Morgan fingerprint density at radius 1 is 1.50 bits per heavy atom. The Morgan fingerprint density at radius 2 is 2.25 bits per heavy atom. The van der Waals surface area contributed by atoms with Crippen LogP contribution in [0.2, 0.25) is 0 Å². The van der Waals surface area contributed by atoms with E-state index in [0.29, 0.717) is 12.2 Å².